The van der Waals surface area contributed by atoms with Gasteiger partial charge in [0.2, 0.25) is 0 Å². The zero-order chi connectivity index (χ0) is 11.5. The van der Waals surface area contributed by atoms with Crippen LogP contribution in [-0.2, 0) is 0 Å². The smallest absolute Gasteiger partial charge is 0.272 e. The van der Waals surface area contributed by atoms with E-state index in [4.69, 9.17) is 6.42 Å². The third kappa shape index (κ3) is 3.06. The van der Waals surface area contributed by atoms with E-state index in [9.17, 15) is 4.79 Å². The van der Waals surface area contributed by atoms with Crippen LogP contribution in [-0.4, -0.2) is 21.6 Å². The van der Waals surface area contributed by atoms with Crippen LogP contribution in [0.5, 0.6) is 0 Å². The number of hydrogen-bond acceptors (Lipinski definition) is 3. The summed E-state index contributed by atoms with van der Waals surface area (Å²) in [6.07, 6.45) is 5.26. The molecule has 0 bridgehead atoms. The molecule has 0 aliphatic rings. The summed E-state index contributed by atoms with van der Waals surface area (Å²) < 4.78 is 0. The van der Waals surface area contributed by atoms with E-state index >= 15 is 0 Å². The van der Waals surface area contributed by atoms with Crippen LogP contribution in [0.25, 0.3) is 0 Å². The second-order valence-corrected chi connectivity index (χ2v) is 3.78. The van der Waals surface area contributed by atoms with Gasteiger partial charge in [-0.3, -0.25) is 4.79 Å². The van der Waals surface area contributed by atoms with Gasteiger partial charge in [0, 0.05) is 0 Å². The van der Waals surface area contributed by atoms with Crippen molar-refractivity contribution in [1.29, 1.82) is 0 Å². The zero-order valence-corrected chi connectivity index (χ0v) is 9.03. The van der Waals surface area contributed by atoms with E-state index in [0.717, 1.165) is 5.69 Å². The molecule has 1 aromatic heterocycles. The van der Waals surface area contributed by atoms with Crippen LogP contribution in [0.1, 0.15) is 30.0 Å². The molecule has 0 spiro atoms. The average molecular weight is 203 g/mol. The van der Waals surface area contributed by atoms with Gasteiger partial charge in [0.15, 0.2) is 5.69 Å². The summed E-state index contributed by atoms with van der Waals surface area (Å²) in [4.78, 5) is 11.6. The van der Waals surface area contributed by atoms with Crippen molar-refractivity contribution in [3.63, 3.8) is 0 Å². The number of amides is 1. The topological polar surface area (TPSA) is 54.9 Å². The summed E-state index contributed by atoms with van der Waals surface area (Å²) >= 11 is 0. The van der Waals surface area contributed by atoms with Gasteiger partial charge in [-0.1, -0.05) is 5.92 Å². The Morgan fingerprint density at radius 3 is 2.60 bits per heavy atom. The molecular weight excluding hydrogens is 190 g/mol. The Kier molecular flexibility index (Phi) is 3.05. The highest BCUT2D eigenvalue weighted by Gasteiger charge is 2.18. The third-order valence-electron chi connectivity index (χ3n) is 1.82. The SMILES string of the molecule is C#CC(C)(C)NC(=O)c1ccc(C)nn1. The van der Waals surface area contributed by atoms with Gasteiger partial charge in [0.1, 0.15) is 0 Å². The minimum Gasteiger partial charge on any atom is -0.335 e. The Morgan fingerprint density at radius 2 is 2.13 bits per heavy atom. The lowest BCUT2D eigenvalue weighted by Gasteiger charge is -2.18. The van der Waals surface area contributed by atoms with Gasteiger partial charge in [-0.05, 0) is 32.9 Å². The molecule has 0 aliphatic carbocycles. The van der Waals surface area contributed by atoms with E-state index in [-0.39, 0.29) is 11.6 Å². The monoisotopic (exact) mass is 203 g/mol. The van der Waals surface area contributed by atoms with Crippen LogP contribution in [0.2, 0.25) is 0 Å². The molecule has 15 heavy (non-hydrogen) atoms. The predicted molar refractivity (Wildman–Crippen MR) is 57.1 cm³/mol. The minimum absolute atomic E-state index is 0.268. The fourth-order valence-corrected chi connectivity index (χ4v) is 0.904. The fraction of sp³-hybridized carbons (Fsp3) is 0.364. The minimum atomic E-state index is -0.677. The lowest BCUT2D eigenvalue weighted by atomic mass is 10.1. The zero-order valence-electron chi connectivity index (χ0n) is 9.03. The maximum Gasteiger partial charge on any atom is 0.272 e. The van der Waals surface area contributed by atoms with Gasteiger partial charge >= 0.3 is 0 Å². The number of carbonyl (C=O) groups excluding carboxylic acids is 1. The van der Waals surface area contributed by atoms with E-state index < -0.39 is 5.54 Å². The van der Waals surface area contributed by atoms with Gasteiger partial charge < -0.3 is 5.32 Å². The summed E-state index contributed by atoms with van der Waals surface area (Å²) in [5, 5.41) is 10.2. The van der Waals surface area contributed by atoms with Crippen molar-refractivity contribution in [2.75, 3.05) is 0 Å². The number of aromatic nitrogens is 2. The number of carbonyl (C=O) groups is 1. The standard InChI is InChI=1S/C11H13N3O/c1-5-11(3,4)12-10(15)9-7-6-8(2)13-14-9/h1,6-7H,2-4H3,(H,12,15). The van der Waals surface area contributed by atoms with Crippen LogP contribution in [0.15, 0.2) is 12.1 Å². The maximum absolute atomic E-state index is 11.6. The van der Waals surface area contributed by atoms with Gasteiger partial charge in [0.25, 0.3) is 5.91 Å². The summed E-state index contributed by atoms with van der Waals surface area (Å²) in [6.45, 7) is 5.29. The molecule has 4 nitrogen and oxygen atoms in total. The molecule has 1 aromatic rings. The van der Waals surface area contributed by atoms with E-state index in [2.05, 4.69) is 21.4 Å². The number of terminal acetylenes is 1. The average Bonchev–Trinajstić information content (AvgIpc) is 2.18. The fourth-order valence-electron chi connectivity index (χ4n) is 0.904. The summed E-state index contributed by atoms with van der Waals surface area (Å²) in [7, 11) is 0. The van der Waals surface area contributed by atoms with Crippen molar-refractivity contribution in [1.82, 2.24) is 15.5 Å². The predicted octanol–water partition coefficient (Wildman–Crippen LogP) is 0.927. The van der Waals surface area contributed by atoms with Crippen molar-refractivity contribution in [2.45, 2.75) is 26.3 Å². The van der Waals surface area contributed by atoms with Gasteiger partial charge in [0.05, 0.1) is 11.2 Å². The highest BCUT2D eigenvalue weighted by atomic mass is 16.2. The van der Waals surface area contributed by atoms with Crippen LogP contribution >= 0.6 is 0 Å². The van der Waals surface area contributed by atoms with E-state index in [1.54, 1.807) is 32.9 Å². The Labute approximate surface area is 89.1 Å². The normalized spacial score (nSPS) is 10.5. The van der Waals surface area contributed by atoms with Crippen LogP contribution in [0, 0.1) is 19.3 Å². The Balaban J connectivity index is 2.79. The molecule has 1 heterocycles. The number of nitrogens with one attached hydrogen (secondary N) is 1. The molecular formula is C11H13N3O. The molecule has 0 fully saturated rings. The third-order valence-corrected chi connectivity index (χ3v) is 1.82. The van der Waals surface area contributed by atoms with Crippen molar-refractivity contribution in [3.8, 4) is 12.3 Å². The quantitative estimate of drug-likeness (QED) is 0.727. The molecule has 0 aromatic carbocycles. The first-order valence-electron chi connectivity index (χ1n) is 4.55. The largest absolute Gasteiger partial charge is 0.335 e. The number of nitrogens with zero attached hydrogens (tertiary/aromatic N) is 2. The molecule has 0 saturated heterocycles. The first kappa shape index (κ1) is 11.2. The van der Waals surface area contributed by atoms with Gasteiger partial charge in [-0.25, -0.2) is 0 Å². The maximum atomic E-state index is 11.6. The molecule has 0 unspecified atom stereocenters. The molecule has 0 saturated carbocycles. The summed E-state index contributed by atoms with van der Waals surface area (Å²) in [6, 6.07) is 3.34. The molecule has 1 N–H and O–H groups in total. The highest BCUT2D eigenvalue weighted by Crippen LogP contribution is 2.02. The molecule has 1 rings (SSSR count). The Bertz CT molecular complexity index is 401. The first-order valence-corrected chi connectivity index (χ1v) is 4.55. The number of rotatable bonds is 2. The first-order chi connectivity index (χ1) is 6.94. The molecule has 4 heteroatoms. The van der Waals surface area contributed by atoms with Crippen LogP contribution < -0.4 is 5.32 Å². The number of hydrogen-bond donors (Lipinski definition) is 1. The molecule has 0 radical (unpaired) electrons. The van der Waals surface area contributed by atoms with Gasteiger partial charge in [-0.2, -0.15) is 5.10 Å². The van der Waals surface area contributed by atoms with Crippen molar-refractivity contribution in [2.24, 2.45) is 0 Å². The van der Waals surface area contributed by atoms with E-state index in [1.807, 2.05) is 0 Å². The Morgan fingerprint density at radius 1 is 1.47 bits per heavy atom. The summed E-state index contributed by atoms with van der Waals surface area (Å²) in [5.74, 6) is 2.16. The highest BCUT2D eigenvalue weighted by molar-refractivity contribution is 5.92. The summed E-state index contributed by atoms with van der Waals surface area (Å²) in [5.41, 5.74) is 0.357. The van der Waals surface area contributed by atoms with E-state index in [1.165, 1.54) is 0 Å². The van der Waals surface area contributed by atoms with Crippen LogP contribution in [0.4, 0.5) is 0 Å². The molecule has 0 atom stereocenters. The number of aryl methyl sites for hydroxylation is 1. The van der Waals surface area contributed by atoms with E-state index in [0.29, 0.717) is 0 Å². The Hall–Kier alpha value is -1.89. The lowest BCUT2D eigenvalue weighted by Crippen LogP contribution is -2.42. The molecule has 1 amide bonds. The second-order valence-electron chi connectivity index (χ2n) is 3.78. The van der Waals surface area contributed by atoms with Gasteiger partial charge in [-0.15, -0.1) is 11.5 Å². The van der Waals surface area contributed by atoms with Crippen molar-refractivity contribution >= 4 is 5.91 Å². The second kappa shape index (κ2) is 4.09. The van der Waals surface area contributed by atoms with Crippen LogP contribution in [0.3, 0.4) is 0 Å². The lowest BCUT2D eigenvalue weighted by molar-refractivity contribution is 0.0923. The van der Waals surface area contributed by atoms with Crippen molar-refractivity contribution in [3.05, 3.63) is 23.5 Å². The van der Waals surface area contributed by atoms with Crippen molar-refractivity contribution < 1.29 is 4.79 Å². The molecule has 78 valence electrons. The molecule has 0 aliphatic heterocycles.